The fraction of sp³-hybridized carbons (Fsp3) is 0.667. The fourth-order valence-electron chi connectivity index (χ4n) is 1.33. The van der Waals surface area contributed by atoms with Gasteiger partial charge in [0.25, 0.3) is 0 Å². The highest BCUT2D eigenvalue weighted by molar-refractivity contribution is 5.29. The first kappa shape index (κ1) is 10.3. The molecule has 0 saturated heterocycles. The Balaban J connectivity index is 2.42. The van der Waals surface area contributed by atoms with Crippen LogP contribution < -0.4 is 0 Å². The summed E-state index contributed by atoms with van der Waals surface area (Å²) in [6, 6.07) is 0. The summed E-state index contributed by atoms with van der Waals surface area (Å²) in [6.45, 7) is 3.58. The van der Waals surface area contributed by atoms with E-state index in [9.17, 15) is 5.11 Å². The van der Waals surface area contributed by atoms with Gasteiger partial charge in [0, 0.05) is 6.42 Å². The molecule has 0 unspecified atom stereocenters. The van der Waals surface area contributed by atoms with Gasteiger partial charge in [-0.05, 0) is 45.1 Å². The smallest absolute Gasteiger partial charge is 0.0700 e. The number of aliphatic hydroxyl groups is 1. The summed E-state index contributed by atoms with van der Waals surface area (Å²) >= 11 is 0. The van der Waals surface area contributed by atoms with E-state index in [1.807, 2.05) is 0 Å². The van der Waals surface area contributed by atoms with Crippen LogP contribution in [0.2, 0.25) is 0 Å². The first-order valence-corrected chi connectivity index (χ1v) is 4.98. The Kier molecular flexibility index (Phi) is 3.57. The zero-order valence-electron chi connectivity index (χ0n) is 8.56. The summed E-state index contributed by atoms with van der Waals surface area (Å²) in [7, 11) is 0. The van der Waals surface area contributed by atoms with Gasteiger partial charge in [-0.25, -0.2) is 0 Å². The first-order chi connectivity index (χ1) is 6.08. The summed E-state index contributed by atoms with van der Waals surface area (Å²) in [6.07, 6.45) is 7.65. The zero-order chi connectivity index (χ0) is 9.73. The SMILES string of the molecule is CC(C)(O)CC#CC1=CCCCC1. The monoisotopic (exact) mass is 178 g/mol. The average molecular weight is 178 g/mol. The molecule has 0 saturated carbocycles. The van der Waals surface area contributed by atoms with E-state index in [1.165, 1.54) is 24.8 Å². The lowest BCUT2D eigenvalue weighted by Crippen LogP contribution is -2.16. The van der Waals surface area contributed by atoms with E-state index in [-0.39, 0.29) is 0 Å². The molecule has 1 N–H and O–H groups in total. The van der Waals surface area contributed by atoms with Gasteiger partial charge >= 0.3 is 0 Å². The third kappa shape index (κ3) is 4.75. The van der Waals surface area contributed by atoms with Gasteiger partial charge in [0.1, 0.15) is 0 Å². The van der Waals surface area contributed by atoms with E-state index in [2.05, 4.69) is 17.9 Å². The van der Waals surface area contributed by atoms with Crippen molar-refractivity contribution in [2.45, 2.75) is 51.6 Å². The molecule has 0 aromatic heterocycles. The largest absolute Gasteiger partial charge is 0.389 e. The minimum Gasteiger partial charge on any atom is -0.389 e. The van der Waals surface area contributed by atoms with Gasteiger partial charge < -0.3 is 5.11 Å². The van der Waals surface area contributed by atoms with Crippen LogP contribution in [0.15, 0.2) is 11.6 Å². The Morgan fingerprint density at radius 2 is 2.23 bits per heavy atom. The van der Waals surface area contributed by atoms with Crippen molar-refractivity contribution in [1.29, 1.82) is 0 Å². The standard InChI is InChI=1S/C12H18O/c1-12(2,13)10-6-9-11-7-4-3-5-8-11/h7,13H,3-5,8,10H2,1-2H3. The van der Waals surface area contributed by atoms with Crippen LogP contribution in [-0.4, -0.2) is 10.7 Å². The lowest BCUT2D eigenvalue weighted by Gasteiger charge is -2.12. The summed E-state index contributed by atoms with van der Waals surface area (Å²) in [4.78, 5) is 0. The van der Waals surface area contributed by atoms with E-state index in [0.29, 0.717) is 6.42 Å². The van der Waals surface area contributed by atoms with Gasteiger partial charge in [-0.2, -0.15) is 0 Å². The molecule has 1 aliphatic carbocycles. The van der Waals surface area contributed by atoms with Gasteiger partial charge in [0.2, 0.25) is 0 Å². The van der Waals surface area contributed by atoms with Crippen LogP contribution in [0.3, 0.4) is 0 Å². The van der Waals surface area contributed by atoms with E-state index in [0.717, 1.165) is 6.42 Å². The summed E-state index contributed by atoms with van der Waals surface area (Å²) in [5, 5.41) is 9.43. The number of hydrogen-bond donors (Lipinski definition) is 1. The highest BCUT2D eigenvalue weighted by Gasteiger charge is 2.09. The highest BCUT2D eigenvalue weighted by Crippen LogP contribution is 2.16. The van der Waals surface area contributed by atoms with Crippen LogP contribution in [0.5, 0.6) is 0 Å². The molecule has 13 heavy (non-hydrogen) atoms. The molecule has 0 atom stereocenters. The number of rotatable bonds is 1. The third-order valence-electron chi connectivity index (χ3n) is 2.06. The highest BCUT2D eigenvalue weighted by atomic mass is 16.3. The van der Waals surface area contributed by atoms with E-state index in [1.54, 1.807) is 13.8 Å². The second-order valence-electron chi connectivity index (χ2n) is 4.27. The van der Waals surface area contributed by atoms with Crippen LogP contribution in [0.1, 0.15) is 46.0 Å². The molecule has 0 aromatic carbocycles. The molecule has 0 amide bonds. The maximum atomic E-state index is 9.43. The van der Waals surface area contributed by atoms with Crippen LogP contribution in [0, 0.1) is 11.8 Å². The molecule has 72 valence electrons. The Labute approximate surface area is 80.9 Å². The molecular formula is C12H18O. The van der Waals surface area contributed by atoms with Crippen LogP contribution in [0.25, 0.3) is 0 Å². The van der Waals surface area contributed by atoms with E-state index >= 15 is 0 Å². The third-order valence-corrected chi connectivity index (χ3v) is 2.06. The summed E-state index contributed by atoms with van der Waals surface area (Å²) in [5.41, 5.74) is 0.609. The van der Waals surface area contributed by atoms with Crippen molar-refractivity contribution in [3.05, 3.63) is 11.6 Å². The molecule has 0 spiro atoms. The minimum absolute atomic E-state index is 0.560. The Morgan fingerprint density at radius 3 is 2.77 bits per heavy atom. The topological polar surface area (TPSA) is 20.2 Å². The quantitative estimate of drug-likeness (QED) is 0.612. The summed E-state index contributed by atoms with van der Waals surface area (Å²) in [5.74, 6) is 6.16. The Morgan fingerprint density at radius 1 is 1.46 bits per heavy atom. The molecule has 0 aliphatic heterocycles. The van der Waals surface area contributed by atoms with Crippen LogP contribution >= 0.6 is 0 Å². The van der Waals surface area contributed by atoms with Crippen LogP contribution in [0.4, 0.5) is 0 Å². The van der Waals surface area contributed by atoms with Crippen molar-refractivity contribution in [2.24, 2.45) is 0 Å². The molecule has 1 rings (SSSR count). The molecule has 0 radical (unpaired) electrons. The van der Waals surface area contributed by atoms with Crippen molar-refractivity contribution in [2.75, 3.05) is 0 Å². The van der Waals surface area contributed by atoms with Gasteiger partial charge in [-0.3, -0.25) is 0 Å². The molecule has 0 heterocycles. The molecular weight excluding hydrogens is 160 g/mol. The second-order valence-corrected chi connectivity index (χ2v) is 4.27. The normalized spacial score (nSPS) is 17.3. The van der Waals surface area contributed by atoms with E-state index in [4.69, 9.17) is 0 Å². The fourth-order valence-corrected chi connectivity index (χ4v) is 1.33. The number of hydrogen-bond acceptors (Lipinski definition) is 1. The predicted octanol–water partition coefficient (Wildman–Crippen LogP) is 2.65. The minimum atomic E-state index is -0.651. The van der Waals surface area contributed by atoms with Crippen molar-refractivity contribution in [3.8, 4) is 11.8 Å². The van der Waals surface area contributed by atoms with Crippen molar-refractivity contribution < 1.29 is 5.11 Å². The van der Waals surface area contributed by atoms with Crippen molar-refractivity contribution in [1.82, 2.24) is 0 Å². The number of allylic oxidation sites excluding steroid dienone is 2. The molecule has 1 nitrogen and oxygen atoms in total. The maximum absolute atomic E-state index is 9.43. The molecule has 0 aromatic rings. The van der Waals surface area contributed by atoms with Crippen molar-refractivity contribution in [3.63, 3.8) is 0 Å². The molecule has 1 aliphatic rings. The average Bonchev–Trinajstić information content (AvgIpc) is 2.04. The van der Waals surface area contributed by atoms with Gasteiger partial charge in [-0.15, -0.1) is 0 Å². The first-order valence-electron chi connectivity index (χ1n) is 4.98. The van der Waals surface area contributed by atoms with Gasteiger partial charge in [0.15, 0.2) is 0 Å². The van der Waals surface area contributed by atoms with Gasteiger partial charge in [0.05, 0.1) is 5.60 Å². The molecule has 1 heteroatoms. The van der Waals surface area contributed by atoms with Crippen molar-refractivity contribution >= 4 is 0 Å². The predicted molar refractivity (Wildman–Crippen MR) is 55.2 cm³/mol. The lowest BCUT2D eigenvalue weighted by molar-refractivity contribution is 0.0862. The molecule has 0 bridgehead atoms. The van der Waals surface area contributed by atoms with E-state index < -0.39 is 5.60 Å². The maximum Gasteiger partial charge on any atom is 0.0700 e. The lowest BCUT2D eigenvalue weighted by atomic mass is 9.99. The second kappa shape index (κ2) is 4.48. The summed E-state index contributed by atoms with van der Waals surface area (Å²) < 4.78 is 0. The Bertz CT molecular complexity index is 245. The Hall–Kier alpha value is -0.740. The molecule has 0 fully saturated rings. The zero-order valence-corrected chi connectivity index (χ0v) is 8.56. The van der Waals surface area contributed by atoms with Gasteiger partial charge in [-0.1, -0.05) is 17.9 Å². The van der Waals surface area contributed by atoms with Crippen LogP contribution in [-0.2, 0) is 0 Å².